The van der Waals surface area contributed by atoms with Gasteiger partial charge in [-0.3, -0.25) is 9.36 Å². The van der Waals surface area contributed by atoms with Gasteiger partial charge in [-0.05, 0) is 36.7 Å². The fourth-order valence-electron chi connectivity index (χ4n) is 1.63. The molecule has 1 heterocycles. The first-order valence-electron chi connectivity index (χ1n) is 5.22. The topological polar surface area (TPSA) is 81.1 Å². The molecular weight excluding hydrogens is 242 g/mol. The van der Waals surface area contributed by atoms with Gasteiger partial charge in [0, 0.05) is 12.6 Å². The Hall–Kier alpha value is -1.59. The van der Waals surface area contributed by atoms with Gasteiger partial charge in [0.05, 0.1) is 10.9 Å². The first-order chi connectivity index (χ1) is 8.13. The third-order valence-electron chi connectivity index (χ3n) is 2.48. The number of hydrogen-bond acceptors (Lipinski definition) is 4. The summed E-state index contributed by atoms with van der Waals surface area (Å²) in [5, 5.41) is 9.86. The minimum Gasteiger partial charge on any atom is -0.508 e. The maximum absolute atomic E-state index is 12.1. The molecule has 0 spiro atoms. The summed E-state index contributed by atoms with van der Waals surface area (Å²) >= 11 is 5.93. The molecule has 0 saturated heterocycles. The number of halogens is 1. The Bertz CT molecular complexity index is 609. The average Bonchev–Trinajstić information content (AvgIpc) is 2.28. The zero-order valence-electron chi connectivity index (χ0n) is 9.06. The lowest BCUT2D eigenvalue weighted by atomic mass is 10.2. The van der Waals surface area contributed by atoms with Crippen molar-refractivity contribution in [3.8, 4) is 5.75 Å². The maximum atomic E-state index is 12.1. The van der Waals surface area contributed by atoms with Crippen molar-refractivity contribution in [3.63, 3.8) is 0 Å². The summed E-state index contributed by atoms with van der Waals surface area (Å²) in [6.07, 6.45) is 0.658. The molecule has 0 unspecified atom stereocenters. The Morgan fingerprint density at radius 2 is 2.24 bits per heavy atom. The molecule has 1 aromatic heterocycles. The van der Waals surface area contributed by atoms with Crippen LogP contribution >= 0.6 is 11.6 Å². The molecule has 1 aromatic carbocycles. The van der Waals surface area contributed by atoms with E-state index in [1.807, 2.05) is 0 Å². The molecule has 6 heteroatoms. The Kier molecular flexibility index (Phi) is 3.31. The van der Waals surface area contributed by atoms with Crippen LogP contribution in [0.25, 0.3) is 10.9 Å². The molecular formula is C11H12ClN3O2. The molecule has 2 rings (SSSR count). The lowest BCUT2D eigenvalue weighted by Crippen LogP contribution is -2.23. The van der Waals surface area contributed by atoms with Gasteiger partial charge in [-0.25, -0.2) is 4.98 Å². The highest BCUT2D eigenvalue weighted by Gasteiger charge is 2.09. The van der Waals surface area contributed by atoms with E-state index < -0.39 is 0 Å². The van der Waals surface area contributed by atoms with E-state index in [4.69, 9.17) is 17.3 Å². The van der Waals surface area contributed by atoms with Crippen LogP contribution in [0.2, 0.25) is 5.28 Å². The fraction of sp³-hybridized carbons (Fsp3) is 0.273. The molecule has 0 saturated carbocycles. The third kappa shape index (κ3) is 2.25. The predicted octanol–water partition coefficient (Wildman–Crippen LogP) is 1.10. The predicted molar refractivity (Wildman–Crippen MR) is 66.3 cm³/mol. The summed E-state index contributed by atoms with van der Waals surface area (Å²) < 4.78 is 1.38. The van der Waals surface area contributed by atoms with Crippen LogP contribution < -0.4 is 11.3 Å². The minimum atomic E-state index is -0.214. The van der Waals surface area contributed by atoms with Crippen LogP contribution in [-0.4, -0.2) is 21.2 Å². The van der Waals surface area contributed by atoms with E-state index in [2.05, 4.69) is 4.98 Å². The molecule has 0 atom stereocenters. The van der Waals surface area contributed by atoms with Crippen LogP contribution in [0.4, 0.5) is 0 Å². The largest absolute Gasteiger partial charge is 0.508 e. The quantitative estimate of drug-likeness (QED) is 0.803. The van der Waals surface area contributed by atoms with Crippen molar-refractivity contribution in [2.45, 2.75) is 13.0 Å². The van der Waals surface area contributed by atoms with Gasteiger partial charge in [0.15, 0.2) is 0 Å². The van der Waals surface area contributed by atoms with Crippen LogP contribution in [0, 0.1) is 0 Å². The monoisotopic (exact) mass is 253 g/mol. The fourth-order valence-corrected chi connectivity index (χ4v) is 1.88. The van der Waals surface area contributed by atoms with E-state index in [-0.39, 0.29) is 16.6 Å². The number of fused-ring (bicyclic) bond motifs is 1. The van der Waals surface area contributed by atoms with Crippen LogP contribution in [0.5, 0.6) is 5.75 Å². The molecule has 0 bridgehead atoms. The second-order valence-corrected chi connectivity index (χ2v) is 4.02. The number of rotatable bonds is 3. The van der Waals surface area contributed by atoms with Crippen molar-refractivity contribution in [2.24, 2.45) is 5.73 Å². The van der Waals surface area contributed by atoms with E-state index in [1.165, 1.54) is 22.8 Å². The molecule has 17 heavy (non-hydrogen) atoms. The second-order valence-electron chi connectivity index (χ2n) is 3.68. The minimum absolute atomic E-state index is 0.0557. The third-order valence-corrected chi connectivity index (χ3v) is 2.77. The number of benzene rings is 1. The summed E-state index contributed by atoms with van der Waals surface area (Å²) in [6.45, 7) is 0.925. The Balaban J connectivity index is 2.63. The van der Waals surface area contributed by atoms with Crippen LogP contribution in [0.1, 0.15) is 6.42 Å². The number of aromatic nitrogens is 2. The van der Waals surface area contributed by atoms with Crippen LogP contribution in [-0.2, 0) is 6.54 Å². The Labute approximate surface area is 102 Å². The number of nitrogens with zero attached hydrogens (tertiary/aromatic N) is 2. The molecule has 0 fully saturated rings. The van der Waals surface area contributed by atoms with Crippen molar-refractivity contribution >= 4 is 22.5 Å². The SMILES string of the molecule is NCCCn1c(Cl)nc2cc(O)ccc2c1=O. The van der Waals surface area contributed by atoms with Crippen molar-refractivity contribution in [2.75, 3.05) is 6.54 Å². The van der Waals surface area contributed by atoms with Gasteiger partial charge in [-0.1, -0.05) is 0 Å². The standard InChI is InChI=1S/C11H12ClN3O2/c12-11-14-9-6-7(16)2-3-8(9)10(17)15(11)5-1-4-13/h2-3,6,16H,1,4-5,13H2. The highest BCUT2D eigenvalue weighted by molar-refractivity contribution is 6.28. The molecule has 0 aliphatic rings. The van der Waals surface area contributed by atoms with Crippen LogP contribution in [0.15, 0.2) is 23.0 Å². The smallest absolute Gasteiger partial charge is 0.262 e. The number of phenolic OH excluding ortho intramolecular Hbond substituents is 1. The lowest BCUT2D eigenvalue weighted by molar-refractivity contribution is 0.476. The molecule has 5 nitrogen and oxygen atoms in total. The van der Waals surface area contributed by atoms with Gasteiger partial charge in [-0.2, -0.15) is 0 Å². The van der Waals surface area contributed by atoms with Crippen molar-refractivity contribution in [1.29, 1.82) is 0 Å². The number of phenols is 1. The average molecular weight is 254 g/mol. The lowest BCUT2D eigenvalue weighted by Gasteiger charge is -2.08. The van der Waals surface area contributed by atoms with Gasteiger partial charge < -0.3 is 10.8 Å². The molecule has 0 aliphatic heterocycles. The van der Waals surface area contributed by atoms with Gasteiger partial charge in [0.25, 0.3) is 5.56 Å². The molecule has 0 radical (unpaired) electrons. The highest BCUT2D eigenvalue weighted by Crippen LogP contribution is 2.17. The molecule has 0 amide bonds. The Morgan fingerprint density at radius 3 is 2.94 bits per heavy atom. The van der Waals surface area contributed by atoms with Crippen molar-refractivity contribution in [3.05, 3.63) is 33.8 Å². The zero-order chi connectivity index (χ0) is 12.4. The number of aromatic hydroxyl groups is 1. The molecule has 0 aliphatic carbocycles. The molecule has 2 aromatic rings. The maximum Gasteiger partial charge on any atom is 0.262 e. The normalized spacial score (nSPS) is 10.9. The van der Waals surface area contributed by atoms with Gasteiger partial charge in [0.1, 0.15) is 5.75 Å². The van der Waals surface area contributed by atoms with Crippen molar-refractivity contribution in [1.82, 2.24) is 9.55 Å². The van der Waals surface area contributed by atoms with E-state index in [1.54, 1.807) is 0 Å². The summed E-state index contributed by atoms with van der Waals surface area (Å²) in [4.78, 5) is 16.2. The van der Waals surface area contributed by atoms with Gasteiger partial charge in [-0.15, -0.1) is 0 Å². The Morgan fingerprint density at radius 1 is 1.47 bits per heavy atom. The van der Waals surface area contributed by atoms with Gasteiger partial charge in [0.2, 0.25) is 5.28 Å². The second kappa shape index (κ2) is 4.73. The van der Waals surface area contributed by atoms with E-state index >= 15 is 0 Å². The summed E-state index contributed by atoms with van der Waals surface area (Å²) in [6, 6.07) is 4.40. The van der Waals surface area contributed by atoms with Crippen molar-refractivity contribution < 1.29 is 5.11 Å². The van der Waals surface area contributed by atoms with E-state index in [9.17, 15) is 9.90 Å². The zero-order valence-corrected chi connectivity index (χ0v) is 9.81. The molecule has 90 valence electrons. The summed E-state index contributed by atoms with van der Waals surface area (Å²) in [5.74, 6) is 0.0557. The van der Waals surface area contributed by atoms with E-state index in [0.717, 1.165) is 0 Å². The van der Waals surface area contributed by atoms with Crippen LogP contribution in [0.3, 0.4) is 0 Å². The first kappa shape index (κ1) is 11.9. The number of hydrogen-bond donors (Lipinski definition) is 2. The van der Waals surface area contributed by atoms with Gasteiger partial charge >= 0.3 is 0 Å². The molecule has 3 N–H and O–H groups in total. The summed E-state index contributed by atoms with van der Waals surface area (Å²) in [7, 11) is 0. The summed E-state index contributed by atoms with van der Waals surface area (Å²) in [5.41, 5.74) is 5.58. The first-order valence-corrected chi connectivity index (χ1v) is 5.60. The van der Waals surface area contributed by atoms with E-state index in [0.29, 0.717) is 30.4 Å². The highest BCUT2D eigenvalue weighted by atomic mass is 35.5. The number of nitrogens with two attached hydrogens (primary N) is 1.